The quantitative estimate of drug-likeness (QED) is 0.661. The van der Waals surface area contributed by atoms with Crippen LogP contribution in [0.5, 0.6) is 0 Å². The van der Waals surface area contributed by atoms with Crippen LogP contribution in [0.1, 0.15) is 43.2 Å². The van der Waals surface area contributed by atoms with Gasteiger partial charge in [0.25, 0.3) is 0 Å². The number of hydrogen-bond acceptors (Lipinski definition) is 2. The van der Waals surface area contributed by atoms with Crippen molar-refractivity contribution in [2.24, 2.45) is 0 Å². The Bertz CT molecular complexity index is 559. The molecule has 3 nitrogen and oxygen atoms in total. The summed E-state index contributed by atoms with van der Waals surface area (Å²) in [5.41, 5.74) is 1.59. The van der Waals surface area contributed by atoms with Gasteiger partial charge in [-0.1, -0.05) is 26.2 Å². The molecule has 0 bridgehead atoms. The first-order valence-corrected chi connectivity index (χ1v) is 6.88. The van der Waals surface area contributed by atoms with Gasteiger partial charge >= 0.3 is 0 Å². The number of amides is 1. The van der Waals surface area contributed by atoms with Crippen LogP contribution in [0.15, 0.2) is 24.0 Å². The molecule has 2 aliphatic rings. The molecule has 1 aliphatic carbocycles. The molecule has 106 valence electrons. The zero-order valence-electron chi connectivity index (χ0n) is 11.5. The summed E-state index contributed by atoms with van der Waals surface area (Å²) in [5.74, 6) is 0.0627. The molecule has 1 fully saturated rings. The number of aliphatic hydroxyl groups is 1. The minimum atomic E-state index is -0.513. The summed E-state index contributed by atoms with van der Waals surface area (Å²) in [5, 5.41) is 13.6. The second-order valence-electron chi connectivity index (χ2n) is 5.55. The van der Waals surface area contributed by atoms with Gasteiger partial charge < -0.3 is 10.4 Å². The molecule has 1 heterocycles. The predicted molar refractivity (Wildman–Crippen MR) is 73.5 cm³/mol. The van der Waals surface area contributed by atoms with Gasteiger partial charge in [-0.05, 0) is 12.8 Å². The number of aliphatic hydroxyl groups excluding tert-OH is 1. The first kappa shape index (κ1) is 15.3. The molecular weight excluding hydrogens is 422 g/mol. The van der Waals surface area contributed by atoms with E-state index in [0.29, 0.717) is 5.57 Å². The van der Waals surface area contributed by atoms with Crippen molar-refractivity contribution in [1.29, 1.82) is 0 Å². The number of hydrogen-bond donors (Lipinski definition) is 2. The van der Waals surface area contributed by atoms with Gasteiger partial charge in [0.05, 0.1) is 11.3 Å². The Morgan fingerprint density at radius 1 is 1.30 bits per heavy atom. The van der Waals surface area contributed by atoms with Gasteiger partial charge in [0.1, 0.15) is 0 Å². The maximum atomic E-state index is 12.3. The van der Waals surface area contributed by atoms with E-state index in [2.05, 4.69) is 11.4 Å². The van der Waals surface area contributed by atoms with Crippen molar-refractivity contribution in [2.45, 2.75) is 44.6 Å². The van der Waals surface area contributed by atoms with Gasteiger partial charge in [-0.25, -0.2) is 0 Å². The van der Waals surface area contributed by atoms with Crippen molar-refractivity contribution in [3.8, 4) is 0 Å². The van der Waals surface area contributed by atoms with E-state index in [1.165, 1.54) is 6.42 Å². The second kappa shape index (κ2) is 5.73. The number of rotatable bonds is 1. The third-order valence-corrected chi connectivity index (χ3v) is 4.29. The standard InChI is InChI=1S/C16H18NO2.W/c1-11-7-3-4-8-12(11)13-14(18)16(17-15(13)19)9-5-2-6-10-16;/h3-4,7,18H,2,5-6,9-10H2,1H3,(H,17,19);/q-1;. The zero-order valence-corrected chi connectivity index (χ0v) is 14.5. The average molecular weight is 440 g/mol. The fraction of sp³-hybridized carbons (Fsp3) is 0.438. The van der Waals surface area contributed by atoms with Crippen LogP contribution in [0.3, 0.4) is 0 Å². The Labute approximate surface area is 133 Å². The van der Waals surface area contributed by atoms with E-state index in [1.807, 2.05) is 19.1 Å². The van der Waals surface area contributed by atoms with E-state index in [1.54, 1.807) is 6.07 Å². The van der Waals surface area contributed by atoms with Crippen molar-refractivity contribution in [3.63, 3.8) is 0 Å². The van der Waals surface area contributed by atoms with Gasteiger partial charge in [0.2, 0.25) is 5.91 Å². The smallest absolute Gasteiger partial charge is 0.214 e. The molecule has 1 aliphatic heterocycles. The number of carbonyl (C=O) groups excluding carboxylic acids is 1. The molecule has 20 heavy (non-hydrogen) atoms. The van der Waals surface area contributed by atoms with Crippen LogP contribution in [0.4, 0.5) is 0 Å². The molecule has 1 aromatic rings. The molecule has 0 unspecified atom stereocenters. The van der Waals surface area contributed by atoms with Gasteiger partial charge in [-0.2, -0.15) is 0 Å². The van der Waals surface area contributed by atoms with Gasteiger partial charge in [-0.3, -0.25) is 4.79 Å². The minimum absolute atomic E-state index is 0. The van der Waals surface area contributed by atoms with Crippen molar-refractivity contribution in [2.75, 3.05) is 0 Å². The molecule has 0 atom stereocenters. The monoisotopic (exact) mass is 440 g/mol. The van der Waals surface area contributed by atoms with Crippen LogP contribution in [-0.4, -0.2) is 16.6 Å². The first-order valence-electron chi connectivity index (χ1n) is 6.88. The van der Waals surface area contributed by atoms with E-state index in [-0.39, 0.29) is 32.7 Å². The van der Waals surface area contributed by atoms with Crippen molar-refractivity contribution >= 4 is 11.5 Å². The maximum Gasteiger partial charge on any atom is 0.214 e. The first-order chi connectivity index (χ1) is 9.14. The molecular formula is C16H18NO2W-. The predicted octanol–water partition coefficient (Wildman–Crippen LogP) is 2.89. The second-order valence-corrected chi connectivity index (χ2v) is 5.55. The summed E-state index contributed by atoms with van der Waals surface area (Å²) in [7, 11) is 0. The summed E-state index contributed by atoms with van der Waals surface area (Å²) in [6.07, 6.45) is 4.95. The summed E-state index contributed by atoms with van der Waals surface area (Å²) in [4.78, 5) is 12.3. The maximum absolute atomic E-state index is 12.3. The van der Waals surface area contributed by atoms with E-state index in [4.69, 9.17) is 0 Å². The SMILES string of the molecule is Cc1ccc[c-]c1C1=C(O)C2(CCCCC2)NC1=O.[W]. The topological polar surface area (TPSA) is 49.3 Å². The van der Waals surface area contributed by atoms with E-state index < -0.39 is 5.54 Å². The largest absolute Gasteiger partial charge is 0.519 e. The van der Waals surface area contributed by atoms with Gasteiger partial charge in [-0.15, -0.1) is 35.4 Å². The minimum Gasteiger partial charge on any atom is -0.519 e. The van der Waals surface area contributed by atoms with E-state index >= 15 is 0 Å². The normalized spacial score (nSPS) is 20.8. The van der Waals surface area contributed by atoms with Crippen LogP contribution in [-0.2, 0) is 25.9 Å². The molecule has 4 heteroatoms. The molecule has 1 spiro atoms. The number of aryl methyl sites for hydroxylation is 1. The number of nitrogens with one attached hydrogen (secondary N) is 1. The zero-order chi connectivity index (χ0) is 13.5. The average Bonchev–Trinajstić information content (AvgIpc) is 2.63. The Morgan fingerprint density at radius 2 is 2.00 bits per heavy atom. The summed E-state index contributed by atoms with van der Waals surface area (Å²) < 4.78 is 0. The summed E-state index contributed by atoms with van der Waals surface area (Å²) in [6.45, 7) is 1.94. The molecule has 1 saturated carbocycles. The Kier molecular flexibility index (Phi) is 4.39. The Morgan fingerprint density at radius 3 is 2.65 bits per heavy atom. The van der Waals surface area contributed by atoms with E-state index in [9.17, 15) is 9.90 Å². The Hall–Kier alpha value is -1.08. The van der Waals surface area contributed by atoms with Crippen LogP contribution in [0.25, 0.3) is 5.57 Å². The fourth-order valence-corrected chi connectivity index (χ4v) is 3.23. The molecule has 2 N–H and O–H groups in total. The molecule has 1 amide bonds. The van der Waals surface area contributed by atoms with E-state index in [0.717, 1.165) is 36.8 Å². The van der Waals surface area contributed by atoms with Gasteiger partial charge in [0, 0.05) is 26.6 Å². The number of carbonyl (C=O) groups is 1. The third-order valence-electron chi connectivity index (χ3n) is 4.29. The molecule has 3 rings (SSSR count). The summed E-state index contributed by atoms with van der Waals surface area (Å²) in [6, 6.07) is 8.69. The number of benzene rings is 1. The van der Waals surface area contributed by atoms with Gasteiger partial charge in [0.15, 0.2) is 0 Å². The molecule has 0 aromatic heterocycles. The summed E-state index contributed by atoms with van der Waals surface area (Å²) >= 11 is 0. The fourth-order valence-electron chi connectivity index (χ4n) is 3.23. The van der Waals surface area contributed by atoms with Crippen LogP contribution >= 0.6 is 0 Å². The van der Waals surface area contributed by atoms with Crippen molar-refractivity contribution < 1.29 is 31.0 Å². The molecule has 1 aromatic carbocycles. The van der Waals surface area contributed by atoms with Crippen LogP contribution < -0.4 is 5.32 Å². The molecule has 0 saturated heterocycles. The van der Waals surface area contributed by atoms with Crippen LogP contribution in [0.2, 0.25) is 0 Å². The van der Waals surface area contributed by atoms with Crippen LogP contribution in [0, 0.1) is 13.0 Å². The molecule has 0 radical (unpaired) electrons. The Balaban J connectivity index is 0.00000147. The van der Waals surface area contributed by atoms with Crippen molar-refractivity contribution in [3.05, 3.63) is 41.2 Å². The van der Waals surface area contributed by atoms with Crippen molar-refractivity contribution in [1.82, 2.24) is 5.32 Å². The third kappa shape index (κ3) is 2.33.